The maximum atomic E-state index is 12.0. The number of hydrogen-bond acceptors (Lipinski definition) is 5. The van der Waals surface area contributed by atoms with E-state index < -0.39 is 4.92 Å². The van der Waals surface area contributed by atoms with Crippen LogP contribution in [0.4, 0.5) is 5.69 Å². The second-order valence-corrected chi connectivity index (χ2v) is 6.43. The smallest absolute Gasteiger partial charge is 0.269 e. The monoisotopic (exact) mass is 384 g/mol. The van der Waals surface area contributed by atoms with Gasteiger partial charge in [0.25, 0.3) is 11.6 Å². The van der Waals surface area contributed by atoms with E-state index in [9.17, 15) is 14.9 Å². The first-order chi connectivity index (χ1) is 10.5. The average Bonchev–Trinajstić information content (AvgIpc) is 2.90. The largest absolute Gasteiger partial charge is 0.484 e. The van der Waals surface area contributed by atoms with E-state index in [0.29, 0.717) is 12.3 Å². The van der Waals surface area contributed by atoms with E-state index in [-0.39, 0.29) is 18.2 Å². The van der Waals surface area contributed by atoms with Crippen molar-refractivity contribution in [2.75, 3.05) is 13.7 Å². The summed E-state index contributed by atoms with van der Waals surface area (Å²) in [5.41, 5.74) is -0.0148. The van der Waals surface area contributed by atoms with Gasteiger partial charge < -0.3 is 9.64 Å². The zero-order chi connectivity index (χ0) is 16.1. The molecule has 0 atom stereocenters. The van der Waals surface area contributed by atoms with Crippen LogP contribution in [0.2, 0.25) is 0 Å². The fraction of sp³-hybridized carbons (Fsp3) is 0.214. The normalized spacial score (nSPS) is 10.3. The minimum absolute atomic E-state index is 0.0148. The summed E-state index contributed by atoms with van der Waals surface area (Å²) in [5, 5.41) is 12.5. The van der Waals surface area contributed by atoms with Crippen molar-refractivity contribution in [2.24, 2.45) is 0 Å². The number of non-ortho nitro benzene ring substituents is 1. The van der Waals surface area contributed by atoms with Crippen molar-refractivity contribution in [3.05, 3.63) is 55.2 Å². The van der Waals surface area contributed by atoms with Gasteiger partial charge >= 0.3 is 0 Å². The Kier molecular flexibility index (Phi) is 5.51. The van der Waals surface area contributed by atoms with Gasteiger partial charge in [-0.05, 0) is 34.1 Å². The van der Waals surface area contributed by atoms with Gasteiger partial charge in [-0.25, -0.2) is 0 Å². The standard InChI is InChI=1S/C14H13BrN2O4S/c1-16(7-13-6-10(15)9-22-13)14(18)8-21-12-4-2-11(3-5-12)17(19)20/h2-6,9H,7-8H2,1H3. The van der Waals surface area contributed by atoms with Crippen molar-refractivity contribution in [1.82, 2.24) is 4.90 Å². The van der Waals surface area contributed by atoms with Crippen LogP contribution in [0, 0.1) is 10.1 Å². The van der Waals surface area contributed by atoms with E-state index in [2.05, 4.69) is 15.9 Å². The molecule has 1 aromatic carbocycles. The van der Waals surface area contributed by atoms with Crippen molar-refractivity contribution in [2.45, 2.75) is 6.54 Å². The minimum Gasteiger partial charge on any atom is -0.484 e. The molecule has 0 saturated heterocycles. The summed E-state index contributed by atoms with van der Waals surface area (Å²) in [6.45, 7) is 0.402. The van der Waals surface area contributed by atoms with Crippen LogP contribution in [0.15, 0.2) is 40.2 Å². The molecule has 116 valence electrons. The van der Waals surface area contributed by atoms with E-state index >= 15 is 0 Å². The Morgan fingerprint density at radius 3 is 2.64 bits per heavy atom. The average molecular weight is 385 g/mol. The number of likely N-dealkylation sites (N-methyl/N-ethyl adjacent to an activating group) is 1. The highest BCUT2D eigenvalue weighted by Crippen LogP contribution is 2.21. The molecule has 0 aliphatic rings. The first-order valence-electron chi connectivity index (χ1n) is 6.30. The molecule has 6 nitrogen and oxygen atoms in total. The van der Waals surface area contributed by atoms with Crippen molar-refractivity contribution < 1.29 is 14.5 Å². The molecule has 0 N–H and O–H groups in total. The van der Waals surface area contributed by atoms with Gasteiger partial charge in [0.2, 0.25) is 0 Å². The summed E-state index contributed by atoms with van der Waals surface area (Å²) in [7, 11) is 1.70. The number of hydrogen-bond donors (Lipinski definition) is 0. The Morgan fingerprint density at radius 1 is 1.41 bits per heavy atom. The predicted molar refractivity (Wildman–Crippen MR) is 87.1 cm³/mol. The maximum Gasteiger partial charge on any atom is 0.269 e. The molecule has 22 heavy (non-hydrogen) atoms. The van der Waals surface area contributed by atoms with Crippen molar-refractivity contribution in [1.29, 1.82) is 0 Å². The Labute approximate surface area is 139 Å². The molecule has 0 aliphatic carbocycles. The van der Waals surface area contributed by atoms with Gasteiger partial charge in [0.15, 0.2) is 6.61 Å². The summed E-state index contributed by atoms with van der Waals surface area (Å²) < 4.78 is 6.34. The molecule has 8 heteroatoms. The molecular weight excluding hydrogens is 372 g/mol. The lowest BCUT2D eigenvalue weighted by molar-refractivity contribution is -0.384. The molecule has 0 radical (unpaired) electrons. The molecular formula is C14H13BrN2O4S. The van der Waals surface area contributed by atoms with Gasteiger partial charge in [-0.2, -0.15) is 0 Å². The molecule has 0 bridgehead atoms. The molecule has 0 unspecified atom stereocenters. The van der Waals surface area contributed by atoms with Crippen LogP contribution in [-0.2, 0) is 11.3 Å². The topological polar surface area (TPSA) is 72.7 Å². The first kappa shape index (κ1) is 16.4. The van der Waals surface area contributed by atoms with Crippen molar-refractivity contribution in [3.8, 4) is 5.75 Å². The van der Waals surface area contributed by atoms with Crippen LogP contribution >= 0.6 is 27.3 Å². The molecule has 0 fully saturated rings. The molecule has 0 spiro atoms. The van der Waals surface area contributed by atoms with Gasteiger partial charge in [0.05, 0.1) is 11.5 Å². The number of carbonyl (C=O) groups excluding carboxylic acids is 1. The Balaban J connectivity index is 1.85. The first-order valence-corrected chi connectivity index (χ1v) is 7.97. The van der Waals surface area contributed by atoms with Crippen LogP contribution in [0.3, 0.4) is 0 Å². The van der Waals surface area contributed by atoms with Gasteiger partial charge in [-0.3, -0.25) is 14.9 Å². The fourth-order valence-corrected chi connectivity index (χ4v) is 3.18. The number of benzene rings is 1. The molecule has 2 rings (SSSR count). The molecule has 1 aromatic heterocycles. The lowest BCUT2D eigenvalue weighted by Gasteiger charge is -2.16. The number of nitro groups is 1. The third kappa shape index (κ3) is 4.54. The highest BCUT2D eigenvalue weighted by molar-refractivity contribution is 9.10. The molecule has 0 aliphatic heterocycles. The Hall–Kier alpha value is -1.93. The molecule has 0 saturated carbocycles. The summed E-state index contributed by atoms with van der Waals surface area (Å²) in [6.07, 6.45) is 0. The summed E-state index contributed by atoms with van der Waals surface area (Å²) in [6, 6.07) is 7.59. The van der Waals surface area contributed by atoms with Gasteiger partial charge in [0, 0.05) is 33.9 Å². The number of thiophene rings is 1. The highest BCUT2D eigenvalue weighted by Gasteiger charge is 2.12. The van der Waals surface area contributed by atoms with E-state index in [4.69, 9.17) is 4.74 Å². The number of halogens is 1. The minimum atomic E-state index is -0.484. The number of nitrogens with zero attached hydrogens (tertiary/aromatic N) is 2. The SMILES string of the molecule is CN(Cc1cc(Br)cs1)C(=O)COc1ccc([N+](=O)[O-])cc1. The van der Waals surface area contributed by atoms with Crippen molar-refractivity contribution >= 4 is 38.9 Å². The van der Waals surface area contributed by atoms with Gasteiger partial charge in [-0.15, -0.1) is 11.3 Å². The van der Waals surface area contributed by atoms with Gasteiger partial charge in [0.1, 0.15) is 5.75 Å². The predicted octanol–water partition coefficient (Wildman–Crippen LogP) is 3.46. The van der Waals surface area contributed by atoms with Gasteiger partial charge in [-0.1, -0.05) is 0 Å². The zero-order valence-corrected chi connectivity index (χ0v) is 14.1. The lowest BCUT2D eigenvalue weighted by atomic mass is 10.3. The third-order valence-corrected chi connectivity index (χ3v) is 4.53. The van der Waals surface area contributed by atoms with E-state index in [1.165, 1.54) is 24.3 Å². The van der Waals surface area contributed by atoms with E-state index in [0.717, 1.165) is 9.35 Å². The maximum absolute atomic E-state index is 12.0. The fourth-order valence-electron chi connectivity index (χ4n) is 1.68. The Bertz CT molecular complexity index is 672. The summed E-state index contributed by atoms with van der Waals surface area (Å²) in [5.74, 6) is 0.258. The second-order valence-electron chi connectivity index (χ2n) is 4.52. The number of ether oxygens (including phenoxy) is 1. The van der Waals surface area contributed by atoms with E-state index in [1.54, 1.807) is 23.3 Å². The number of nitro benzene ring substituents is 1. The van der Waals surface area contributed by atoms with Crippen LogP contribution in [0.1, 0.15) is 4.88 Å². The van der Waals surface area contributed by atoms with Crippen LogP contribution in [0.25, 0.3) is 0 Å². The van der Waals surface area contributed by atoms with Crippen LogP contribution in [0.5, 0.6) is 5.75 Å². The van der Waals surface area contributed by atoms with Crippen LogP contribution in [-0.4, -0.2) is 29.4 Å². The van der Waals surface area contributed by atoms with E-state index in [1.807, 2.05) is 11.4 Å². The number of carbonyl (C=O) groups is 1. The zero-order valence-electron chi connectivity index (χ0n) is 11.7. The Morgan fingerprint density at radius 2 is 2.09 bits per heavy atom. The second kappa shape index (κ2) is 7.37. The quantitative estimate of drug-likeness (QED) is 0.564. The lowest BCUT2D eigenvalue weighted by Crippen LogP contribution is -2.30. The molecule has 1 amide bonds. The van der Waals surface area contributed by atoms with Crippen molar-refractivity contribution in [3.63, 3.8) is 0 Å². The molecule has 1 heterocycles. The highest BCUT2D eigenvalue weighted by atomic mass is 79.9. The molecule has 2 aromatic rings. The van der Waals surface area contributed by atoms with Crippen LogP contribution < -0.4 is 4.74 Å². The number of rotatable bonds is 6. The summed E-state index contributed by atoms with van der Waals surface area (Å²) >= 11 is 4.94. The third-order valence-electron chi connectivity index (χ3n) is 2.85. The number of amides is 1. The summed E-state index contributed by atoms with van der Waals surface area (Å²) in [4.78, 5) is 24.7.